The van der Waals surface area contributed by atoms with Crippen molar-refractivity contribution in [2.75, 3.05) is 6.54 Å². The zero-order valence-corrected chi connectivity index (χ0v) is 16.1. The molecule has 2 heterocycles. The third kappa shape index (κ3) is 5.35. The molecule has 0 fully saturated rings. The number of pyridine rings is 1. The number of amides is 1. The van der Waals surface area contributed by atoms with Crippen molar-refractivity contribution in [3.63, 3.8) is 0 Å². The minimum absolute atomic E-state index is 0.127. The number of nitrogens with zero attached hydrogens (tertiary/aromatic N) is 3. The van der Waals surface area contributed by atoms with Crippen LogP contribution in [-0.2, 0) is 0 Å². The van der Waals surface area contributed by atoms with E-state index in [0.29, 0.717) is 16.9 Å². The Morgan fingerprint density at radius 2 is 1.90 bits per heavy atom. The molecule has 158 valence electrons. The predicted molar refractivity (Wildman–Crippen MR) is 101 cm³/mol. The number of ether oxygens (including phenoxy) is 1. The number of nitrogens with one attached hydrogen (secondary N) is 1. The summed E-state index contributed by atoms with van der Waals surface area (Å²) in [5, 5.41) is 17.0. The van der Waals surface area contributed by atoms with Crippen molar-refractivity contribution in [2.45, 2.75) is 26.3 Å². The molecule has 1 atom stereocenters. The Morgan fingerprint density at radius 3 is 2.43 bits per heavy atom. The molecule has 2 aromatic heterocycles. The van der Waals surface area contributed by atoms with E-state index in [4.69, 9.17) is 0 Å². The van der Waals surface area contributed by atoms with Crippen LogP contribution in [0.1, 0.15) is 33.4 Å². The minimum atomic E-state index is -4.79. The number of aromatic nitrogens is 3. The molecule has 7 nitrogen and oxygen atoms in total. The molecule has 2 N–H and O–H groups in total. The fraction of sp³-hybridized carbons (Fsp3) is 0.250. The van der Waals surface area contributed by atoms with Gasteiger partial charge in [-0.25, -0.2) is 9.67 Å². The highest BCUT2D eigenvalue weighted by Gasteiger charge is 2.31. The molecule has 1 aromatic carbocycles. The number of carbonyl (C=O) groups excluding carboxylic acids is 1. The number of aryl methyl sites for hydroxylation is 2. The number of aliphatic hydroxyl groups is 1. The maximum absolute atomic E-state index is 12.3. The van der Waals surface area contributed by atoms with E-state index in [1.165, 1.54) is 18.3 Å². The summed E-state index contributed by atoms with van der Waals surface area (Å²) in [5.41, 5.74) is 2.39. The second kappa shape index (κ2) is 8.54. The molecular weight excluding hydrogens is 401 g/mol. The standard InChI is InChI=1S/C20H19F3N4O3/c1-12-9-13(2)27(26-12)18-8-5-15(10-24-18)19(29)25-11-17(28)14-3-6-16(7-4-14)30-20(21,22)23/h3-10,17,28H,11H2,1-2H3,(H,25,29). The topological polar surface area (TPSA) is 89.3 Å². The average Bonchev–Trinajstić information content (AvgIpc) is 3.03. The van der Waals surface area contributed by atoms with E-state index in [9.17, 15) is 23.1 Å². The molecular formula is C20H19F3N4O3. The van der Waals surface area contributed by atoms with Crippen molar-refractivity contribution in [1.82, 2.24) is 20.1 Å². The number of rotatable bonds is 6. The maximum atomic E-state index is 12.3. The van der Waals surface area contributed by atoms with Crippen LogP contribution in [0.2, 0.25) is 0 Å². The van der Waals surface area contributed by atoms with Crippen LogP contribution in [0.5, 0.6) is 5.75 Å². The lowest BCUT2D eigenvalue weighted by molar-refractivity contribution is -0.274. The number of benzene rings is 1. The van der Waals surface area contributed by atoms with Gasteiger partial charge in [0.2, 0.25) is 0 Å². The van der Waals surface area contributed by atoms with E-state index < -0.39 is 24.1 Å². The van der Waals surface area contributed by atoms with Crippen molar-refractivity contribution in [1.29, 1.82) is 0 Å². The largest absolute Gasteiger partial charge is 0.573 e. The van der Waals surface area contributed by atoms with Crippen LogP contribution in [-0.4, -0.2) is 38.7 Å². The summed E-state index contributed by atoms with van der Waals surface area (Å²) in [6.45, 7) is 3.64. The van der Waals surface area contributed by atoms with Crippen LogP contribution in [0, 0.1) is 13.8 Å². The molecule has 0 aliphatic heterocycles. The first-order valence-electron chi connectivity index (χ1n) is 8.94. The summed E-state index contributed by atoms with van der Waals surface area (Å²) in [4.78, 5) is 16.5. The van der Waals surface area contributed by atoms with Crippen LogP contribution in [0.15, 0.2) is 48.7 Å². The van der Waals surface area contributed by atoms with Gasteiger partial charge in [-0.05, 0) is 49.7 Å². The van der Waals surface area contributed by atoms with Gasteiger partial charge in [-0.2, -0.15) is 5.10 Å². The quantitative estimate of drug-likeness (QED) is 0.639. The summed E-state index contributed by atoms with van der Waals surface area (Å²) < 4.78 is 42.0. The monoisotopic (exact) mass is 420 g/mol. The molecule has 1 amide bonds. The van der Waals surface area contributed by atoms with Crippen LogP contribution < -0.4 is 10.1 Å². The van der Waals surface area contributed by atoms with Crippen LogP contribution >= 0.6 is 0 Å². The number of aliphatic hydroxyl groups excluding tert-OH is 1. The summed E-state index contributed by atoms with van der Waals surface area (Å²) in [7, 11) is 0. The van der Waals surface area contributed by atoms with Crippen molar-refractivity contribution >= 4 is 5.91 Å². The highest BCUT2D eigenvalue weighted by atomic mass is 19.4. The summed E-state index contributed by atoms with van der Waals surface area (Å²) in [6.07, 6.45) is -4.49. The highest BCUT2D eigenvalue weighted by Crippen LogP contribution is 2.24. The van der Waals surface area contributed by atoms with E-state index in [2.05, 4.69) is 20.1 Å². The van der Waals surface area contributed by atoms with Crippen molar-refractivity contribution in [3.8, 4) is 11.6 Å². The molecule has 0 aliphatic carbocycles. The van der Waals surface area contributed by atoms with Crippen LogP contribution in [0.3, 0.4) is 0 Å². The number of alkyl halides is 3. The van der Waals surface area contributed by atoms with Crippen molar-refractivity contribution < 1.29 is 27.8 Å². The van der Waals surface area contributed by atoms with Gasteiger partial charge in [0.25, 0.3) is 5.91 Å². The number of hydrogen-bond acceptors (Lipinski definition) is 5. The molecule has 10 heteroatoms. The molecule has 0 saturated carbocycles. The average molecular weight is 420 g/mol. The van der Waals surface area contributed by atoms with Gasteiger partial charge in [0.1, 0.15) is 5.75 Å². The molecule has 0 saturated heterocycles. The van der Waals surface area contributed by atoms with Gasteiger partial charge in [0.15, 0.2) is 5.82 Å². The lowest BCUT2D eigenvalue weighted by Gasteiger charge is -2.14. The SMILES string of the molecule is Cc1cc(C)n(-c2ccc(C(=O)NCC(O)c3ccc(OC(F)(F)F)cc3)cn2)n1. The lowest BCUT2D eigenvalue weighted by atomic mass is 10.1. The fourth-order valence-electron chi connectivity index (χ4n) is 2.81. The van der Waals surface area contributed by atoms with Crippen molar-refractivity contribution in [2.24, 2.45) is 0 Å². The predicted octanol–water partition coefficient (Wildman–Crippen LogP) is 3.25. The van der Waals surface area contributed by atoms with Gasteiger partial charge in [-0.15, -0.1) is 13.2 Å². The second-order valence-electron chi connectivity index (χ2n) is 6.59. The third-order valence-electron chi connectivity index (χ3n) is 4.19. The normalized spacial score (nSPS) is 12.5. The Hall–Kier alpha value is -3.40. The maximum Gasteiger partial charge on any atom is 0.573 e. The summed E-state index contributed by atoms with van der Waals surface area (Å²) >= 11 is 0. The summed E-state index contributed by atoms with van der Waals surface area (Å²) in [5.74, 6) is -0.270. The molecule has 0 bridgehead atoms. The Kier molecular flexibility index (Phi) is 6.06. The molecule has 3 aromatic rings. The molecule has 30 heavy (non-hydrogen) atoms. The lowest BCUT2D eigenvalue weighted by Crippen LogP contribution is -2.28. The van der Waals surface area contributed by atoms with E-state index in [-0.39, 0.29) is 6.54 Å². The highest BCUT2D eigenvalue weighted by molar-refractivity contribution is 5.93. The van der Waals surface area contributed by atoms with E-state index >= 15 is 0 Å². The molecule has 0 radical (unpaired) electrons. The van der Waals surface area contributed by atoms with E-state index in [0.717, 1.165) is 23.5 Å². The fourth-order valence-corrected chi connectivity index (χ4v) is 2.81. The molecule has 0 aliphatic rings. The first-order chi connectivity index (χ1) is 14.1. The van der Waals surface area contributed by atoms with Gasteiger partial charge in [0.05, 0.1) is 17.4 Å². The summed E-state index contributed by atoms with van der Waals surface area (Å²) in [6, 6.07) is 9.93. The molecule has 3 rings (SSSR count). The van der Waals surface area contributed by atoms with Gasteiger partial charge in [-0.3, -0.25) is 4.79 Å². The minimum Gasteiger partial charge on any atom is -0.406 e. The number of hydrogen-bond donors (Lipinski definition) is 2. The molecule has 0 spiro atoms. The zero-order chi connectivity index (χ0) is 21.9. The Bertz CT molecular complexity index is 1020. The van der Waals surface area contributed by atoms with Crippen LogP contribution in [0.4, 0.5) is 13.2 Å². The second-order valence-corrected chi connectivity index (χ2v) is 6.59. The Labute approximate surface area is 170 Å². The van der Waals surface area contributed by atoms with Crippen LogP contribution in [0.25, 0.3) is 5.82 Å². The zero-order valence-electron chi connectivity index (χ0n) is 16.1. The van der Waals surface area contributed by atoms with Gasteiger partial charge >= 0.3 is 6.36 Å². The smallest absolute Gasteiger partial charge is 0.406 e. The number of halogens is 3. The molecule has 1 unspecified atom stereocenters. The van der Waals surface area contributed by atoms with Gasteiger partial charge < -0.3 is 15.2 Å². The third-order valence-corrected chi connectivity index (χ3v) is 4.19. The van der Waals surface area contributed by atoms with Gasteiger partial charge in [0, 0.05) is 18.4 Å². The van der Waals surface area contributed by atoms with Crippen molar-refractivity contribution in [3.05, 3.63) is 71.2 Å². The van der Waals surface area contributed by atoms with Gasteiger partial charge in [-0.1, -0.05) is 12.1 Å². The van der Waals surface area contributed by atoms with E-state index in [1.54, 1.807) is 16.8 Å². The first-order valence-corrected chi connectivity index (χ1v) is 8.94. The number of carbonyl (C=O) groups is 1. The Balaban J connectivity index is 1.58. The van der Waals surface area contributed by atoms with E-state index in [1.807, 2.05) is 19.9 Å². The first kappa shape index (κ1) is 21.3. The Morgan fingerprint density at radius 1 is 1.20 bits per heavy atom.